The molecule has 2 heterocycles. The van der Waals surface area contributed by atoms with Gasteiger partial charge in [-0.05, 0) is 48.4 Å². The number of aromatic carboxylic acids is 1. The van der Waals surface area contributed by atoms with E-state index in [0.717, 1.165) is 0 Å². The Bertz CT molecular complexity index is 1570. The van der Waals surface area contributed by atoms with Gasteiger partial charge >= 0.3 is 5.97 Å². The number of nitriles is 1. The van der Waals surface area contributed by atoms with E-state index in [1.807, 2.05) is 0 Å². The van der Waals surface area contributed by atoms with Crippen LogP contribution in [0.2, 0.25) is 0 Å². The molecular weight excluding hydrogens is 534 g/mol. The molecule has 0 amide bonds. The van der Waals surface area contributed by atoms with Crippen LogP contribution in [0.3, 0.4) is 0 Å². The summed E-state index contributed by atoms with van der Waals surface area (Å²) < 4.78 is 43.9. The maximum atomic E-state index is 13.0. The summed E-state index contributed by atoms with van der Waals surface area (Å²) in [6, 6.07) is 16.4. The fourth-order valence-corrected chi connectivity index (χ4v) is 5.44. The Kier molecular flexibility index (Phi) is 8.96. The van der Waals surface area contributed by atoms with Crippen molar-refractivity contribution in [1.29, 1.82) is 5.26 Å². The van der Waals surface area contributed by atoms with Gasteiger partial charge in [-0.15, -0.1) is 0 Å². The minimum Gasteiger partial charge on any atom is -0.478 e. The van der Waals surface area contributed by atoms with Gasteiger partial charge in [0, 0.05) is 24.2 Å². The molecule has 10 nitrogen and oxygen atoms in total. The third kappa shape index (κ3) is 6.38. The highest BCUT2D eigenvalue weighted by atomic mass is 32.2. The number of carboxylic acids is 1. The molecule has 0 radical (unpaired) electrons. The number of morpholine rings is 1. The first-order valence-corrected chi connectivity index (χ1v) is 13.7. The molecule has 0 atom stereocenters. The zero-order valence-corrected chi connectivity index (χ0v) is 22.6. The van der Waals surface area contributed by atoms with E-state index >= 15 is 0 Å². The zero-order valence-electron chi connectivity index (χ0n) is 21.7. The molecule has 1 saturated heterocycles. The Balaban J connectivity index is 1.70. The van der Waals surface area contributed by atoms with E-state index < -0.39 is 16.0 Å². The monoisotopic (exact) mass is 561 g/mol. The van der Waals surface area contributed by atoms with Crippen molar-refractivity contribution in [1.82, 2.24) is 9.29 Å². The highest BCUT2D eigenvalue weighted by molar-refractivity contribution is 7.89. The molecule has 11 heteroatoms. The van der Waals surface area contributed by atoms with Gasteiger partial charge in [0.25, 0.3) is 0 Å². The van der Waals surface area contributed by atoms with Crippen molar-refractivity contribution in [2.24, 2.45) is 0 Å². The molecule has 40 heavy (non-hydrogen) atoms. The molecule has 1 fully saturated rings. The number of benzene rings is 2. The molecule has 0 saturated carbocycles. The third-order valence-electron chi connectivity index (χ3n) is 6.20. The lowest BCUT2D eigenvalue weighted by atomic mass is 10.0. The number of carboxylic acid groups (broad SMARTS) is 1. The van der Waals surface area contributed by atoms with Crippen LogP contribution in [0.1, 0.15) is 34.0 Å². The number of rotatable bonds is 10. The molecule has 0 aliphatic carbocycles. The summed E-state index contributed by atoms with van der Waals surface area (Å²) in [5, 5.41) is 19.1. The smallest absolute Gasteiger partial charge is 0.335 e. The van der Waals surface area contributed by atoms with Crippen LogP contribution >= 0.6 is 0 Å². The lowest BCUT2D eigenvalue weighted by Crippen LogP contribution is -2.40. The zero-order chi connectivity index (χ0) is 28.7. The van der Waals surface area contributed by atoms with Crippen molar-refractivity contribution in [2.75, 3.05) is 26.3 Å². The van der Waals surface area contributed by atoms with Gasteiger partial charge in [0.1, 0.15) is 18.2 Å². The highest BCUT2D eigenvalue weighted by Gasteiger charge is 2.26. The Morgan fingerprint density at radius 3 is 2.45 bits per heavy atom. The number of hydrogen-bond donors (Lipinski definition) is 1. The van der Waals surface area contributed by atoms with Gasteiger partial charge in [0.05, 0.1) is 41.9 Å². The van der Waals surface area contributed by atoms with Crippen LogP contribution in [0.4, 0.5) is 0 Å². The van der Waals surface area contributed by atoms with Crippen LogP contribution in [0.25, 0.3) is 16.8 Å². The Morgan fingerprint density at radius 1 is 1.18 bits per heavy atom. The third-order valence-corrected chi connectivity index (χ3v) is 8.11. The van der Waals surface area contributed by atoms with Crippen LogP contribution < -0.4 is 4.74 Å². The molecule has 0 bridgehead atoms. The van der Waals surface area contributed by atoms with E-state index in [0.29, 0.717) is 54.3 Å². The molecule has 0 unspecified atom stereocenters. The van der Waals surface area contributed by atoms with Gasteiger partial charge in [0.15, 0.2) is 0 Å². The van der Waals surface area contributed by atoms with Gasteiger partial charge in [-0.25, -0.2) is 18.2 Å². The molecule has 206 valence electrons. The van der Waals surface area contributed by atoms with E-state index in [-0.39, 0.29) is 28.5 Å². The summed E-state index contributed by atoms with van der Waals surface area (Å²) in [7, 11) is -3.67. The molecule has 1 aliphatic rings. The van der Waals surface area contributed by atoms with Crippen molar-refractivity contribution in [3.63, 3.8) is 0 Å². The molecule has 1 aromatic heterocycles. The highest BCUT2D eigenvalue weighted by Crippen LogP contribution is 2.32. The number of aromatic nitrogens is 1. The van der Waals surface area contributed by atoms with E-state index in [1.165, 1.54) is 41.1 Å². The van der Waals surface area contributed by atoms with Crippen LogP contribution in [0, 0.1) is 11.3 Å². The lowest BCUT2D eigenvalue weighted by Gasteiger charge is -2.26. The summed E-state index contributed by atoms with van der Waals surface area (Å²) >= 11 is 0. The maximum Gasteiger partial charge on any atom is 0.335 e. The second-order valence-electron chi connectivity index (χ2n) is 8.78. The largest absolute Gasteiger partial charge is 0.478 e. The number of nitrogens with zero attached hydrogens (tertiary/aromatic N) is 3. The molecular formula is C29H27N3O7S. The van der Waals surface area contributed by atoms with Crippen LogP contribution in [-0.2, 0) is 26.1 Å². The maximum absolute atomic E-state index is 13.0. The number of pyridine rings is 1. The summed E-state index contributed by atoms with van der Waals surface area (Å²) in [5.74, 6) is -0.973. The summed E-state index contributed by atoms with van der Waals surface area (Å²) in [6.45, 7) is 6.61. The second-order valence-corrected chi connectivity index (χ2v) is 10.7. The van der Waals surface area contributed by atoms with Gasteiger partial charge in [-0.2, -0.15) is 9.57 Å². The number of carbonyl (C=O) groups is 1. The molecule has 1 N–H and O–H groups in total. The summed E-state index contributed by atoms with van der Waals surface area (Å²) in [5.41, 5.74) is 3.19. The van der Waals surface area contributed by atoms with Crippen molar-refractivity contribution in [2.45, 2.75) is 18.4 Å². The van der Waals surface area contributed by atoms with Crippen LogP contribution in [0.5, 0.6) is 5.88 Å². The first-order chi connectivity index (χ1) is 19.2. The minimum atomic E-state index is -3.67. The fraction of sp³-hybridized carbons (Fsp3) is 0.207. The first kappa shape index (κ1) is 28.5. The van der Waals surface area contributed by atoms with E-state index in [4.69, 9.17) is 19.3 Å². The van der Waals surface area contributed by atoms with Gasteiger partial charge in [-0.1, -0.05) is 30.8 Å². The van der Waals surface area contributed by atoms with E-state index in [1.54, 1.807) is 37.3 Å². The summed E-state index contributed by atoms with van der Waals surface area (Å²) in [6.07, 6.45) is 2.70. The molecule has 2 aromatic carbocycles. The minimum absolute atomic E-state index is 0.0348. The topological polar surface area (TPSA) is 139 Å². The quantitative estimate of drug-likeness (QED) is 0.356. The van der Waals surface area contributed by atoms with Crippen molar-refractivity contribution in [3.8, 4) is 23.2 Å². The van der Waals surface area contributed by atoms with Crippen molar-refractivity contribution < 1.29 is 32.5 Å². The normalized spacial score (nSPS) is 14.2. The molecule has 1 aliphatic heterocycles. The number of ether oxygens (including phenoxy) is 3. The Hall–Kier alpha value is -4.50. The van der Waals surface area contributed by atoms with Crippen LogP contribution in [-0.4, -0.2) is 55.1 Å². The molecule has 0 spiro atoms. The first-order valence-electron chi connectivity index (χ1n) is 12.3. The average molecular weight is 562 g/mol. The number of sulfonamides is 1. The van der Waals surface area contributed by atoms with Crippen molar-refractivity contribution >= 4 is 21.6 Å². The predicted molar refractivity (Wildman–Crippen MR) is 147 cm³/mol. The number of hydrogen-bond acceptors (Lipinski definition) is 8. The average Bonchev–Trinajstić information content (AvgIpc) is 2.99. The standard InChI is InChI=1S/C29H27N3O7S/c1-3-37-18-20(2)25-16-27(22-8-10-24(11-9-22)40(35,36)32-12-14-38-15-13-32)31-28(26(25)17-30)39-19-21-4-6-23(7-5-21)29(33)34/h3-11,16,18H,1,12-15,19H2,2H3,(H,33,34)/b20-18+. The Labute approximate surface area is 232 Å². The van der Waals surface area contributed by atoms with Crippen molar-refractivity contribution in [3.05, 3.63) is 96.0 Å². The number of allylic oxidation sites excluding steroid dienone is 1. The summed E-state index contributed by atoms with van der Waals surface area (Å²) in [4.78, 5) is 15.9. The van der Waals surface area contributed by atoms with E-state index in [2.05, 4.69) is 17.6 Å². The predicted octanol–water partition coefficient (Wildman–Crippen LogP) is 4.44. The Morgan fingerprint density at radius 2 is 1.85 bits per heavy atom. The lowest BCUT2D eigenvalue weighted by molar-refractivity contribution is 0.0696. The van der Waals surface area contributed by atoms with Gasteiger partial charge < -0.3 is 19.3 Å². The molecule has 4 rings (SSSR count). The SMILES string of the molecule is C=CO/C=C(\C)c1cc(-c2ccc(S(=O)(=O)N3CCOCC3)cc2)nc(OCc2ccc(C(=O)O)cc2)c1C#N. The van der Waals surface area contributed by atoms with E-state index in [9.17, 15) is 18.5 Å². The van der Waals surface area contributed by atoms with Crippen LogP contribution in [0.15, 0.2) is 78.6 Å². The fourth-order valence-electron chi connectivity index (χ4n) is 4.04. The van der Waals surface area contributed by atoms with Gasteiger partial charge in [-0.3, -0.25) is 0 Å². The second kappa shape index (κ2) is 12.6. The van der Waals surface area contributed by atoms with Gasteiger partial charge in [0.2, 0.25) is 15.9 Å². The molecule has 3 aromatic rings.